The molecule has 0 bridgehead atoms. The van der Waals surface area contributed by atoms with E-state index in [0.29, 0.717) is 19.6 Å². The second-order valence-corrected chi connectivity index (χ2v) is 5.84. The second kappa shape index (κ2) is 7.29. The van der Waals surface area contributed by atoms with E-state index in [4.69, 9.17) is 9.84 Å². The minimum atomic E-state index is -0.0598. The van der Waals surface area contributed by atoms with Gasteiger partial charge in [-0.2, -0.15) is 0 Å². The van der Waals surface area contributed by atoms with E-state index in [1.165, 1.54) is 0 Å². The Balaban J connectivity index is 1.59. The van der Waals surface area contributed by atoms with Gasteiger partial charge in [0.2, 0.25) is 5.91 Å². The third-order valence-electron chi connectivity index (χ3n) is 4.21. The molecule has 120 valence electrons. The van der Waals surface area contributed by atoms with Crippen LogP contribution in [-0.4, -0.2) is 17.6 Å². The maximum absolute atomic E-state index is 12.5. The average molecular weight is 311 g/mol. The molecule has 3 rings (SSSR count). The van der Waals surface area contributed by atoms with Crippen LogP contribution in [0, 0.1) is 5.92 Å². The smallest absolute Gasteiger partial charge is 0.223 e. The van der Waals surface area contributed by atoms with Crippen LogP contribution in [0.2, 0.25) is 0 Å². The summed E-state index contributed by atoms with van der Waals surface area (Å²) in [5.41, 5.74) is 3.00. The molecule has 0 unspecified atom stereocenters. The molecule has 0 aromatic heterocycles. The molecular weight excluding hydrogens is 290 g/mol. The molecule has 1 amide bonds. The Labute approximate surface area is 136 Å². The molecule has 1 atom stereocenters. The molecule has 0 saturated carbocycles. The van der Waals surface area contributed by atoms with Gasteiger partial charge in [0.1, 0.15) is 5.75 Å². The van der Waals surface area contributed by atoms with Crippen LogP contribution in [0.5, 0.6) is 5.75 Å². The van der Waals surface area contributed by atoms with Gasteiger partial charge in [-0.25, -0.2) is 0 Å². The number of rotatable bonds is 4. The summed E-state index contributed by atoms with van der Waals surface area (Å²) in [5, 5.41) is 12.0. The number of hydrogen-bond donors (Lipinski definition) is 2. The Morgan fingerprint density at radius 2 is 1.87 bits per heavy atom. The number of carbonyl (C=O) groups excluding carboxylic acids is 1. The number of nitrogens with one attached hydrogen (secondary N) is 1. The SMILES string of the molecule is O=C(NCc1ccc(CO)cc1)[C@H]1CCOc2ccccc2C1. The van der Waals surface area contributed by atoms with Crippen molar-refractivity contribution in [3.63, 3.8) is 0 Å². The van der Waals surface area contributed by atoms with Crippen molar-refractivity contribution in [1.82, 2.24) is 5.32 Å². The number of amides is 1. The van der Waals surface area contributed by atoms with E-state index in [1.54, 1.807) is 0 Å². The molecule has 1 heterocycles. The lowest BCUT2D eigenvalue weighted by molar-refractivity contribution is -0.125. The van der Waals surface area contributed by atoms with Gasteiger partial charge >= 0.3 is 0 Å². The van der Waals surface area contributed by atoms with Crippen LogP contribution in [0.4, 0.5) is 0 Å². The lowest BCUT2D eigenvalue weighted by Crippen LogP contribution is -2.31. The average Bonchev–Trinajstić information content (AvgIpc) is 2.82. The first-order valence-corrected chi connectivity index (χ1v) is 7.93. The zero-order valence-electron chi connectivity index (χ0n) is 13.0. The van der Waals surface area contributed by atoms with Crippen molar-refractivity contribution >= 4 is 5.91 Å². The van der Waals surface area contributed by atoms with Gasteiger partial charge in [-0.05, 0) is 35.6 Å². The fourth-order valence-corrected chi connectivity index (χ4v) is 2.81. The minimum Gasteiger partial charge on any atom is -0.493 e. The zero-order valence-corrected chi connectivity index (χ0v) is 13.0. The topological polar surface area (TPSA) is 58.6 Å². The maximum Gasteiger partial charge on any atom is 0.223 e. The van der Waals surface area contributed by atoms with Crippen LogP contribution in [0.3, 0.4) is 0 Å². The third kappa shape index (κ3) is 3.90. The van der Waals surface area contributed by atoms with Crippen molar-refractivity contribution in [3.8, 4) is 5.75 Å². The van der Waals surface area contributed by atoms with E-state index < -0.39 is 0 Å². The molecule has 2 aromatic rings. The van der Waals surface area contributed by atoms with E-state index in [1.807, 2.05) is 48.5 Å². The number of para-hydroxylation sites is 1. The van der Waals surface area contributed by atoms with E-state index >= 15 is 0 Å². The van der Waals surface area contributed by atoms with Gasteiger partial charge in [-0.15, -0.1) is 0 Å². The monoisotopic (exact) mass is 311 g/mol. The molecule has 0 radical (unpaired) electrons. The fourth-order valence-electron chi connectivity index (χ4n) is 2.81. The van der Waals surface area contributed by atoms with Crippen LogP contribution in [0.1, 0.15) is 23.1 Å². The molecule has 1 aliphatic rings. The van der Waals surface area contributed by atoms with Gasteiger partial charge in [-0.3, -0.25) is 4.79 Å². The van der Waals surface area contributed by atoms with Crippen molar-refractivity contribution in [2.75, 3.05) is 6.61 Å². The molecule has 2 aromatic carbocycles. The van der Waals surface area contributed by atoms with Crippen molar-refractivity contribution in [3.05, 3.63) is 65.2 Å². The highest BCUT2D eigenvalue weighted by Crippen LogP contribution is 2.26. The number of aliphatic hydroxyl groups excluding tert-OH is 1. The summed E-state index contributed by atoms with van der Waals surface area (Å²) in [5.74, 6) is 0.897. The highest BCUT2D eigenvalue weighted by atomic mass is 16.5. The van der Waals surface area contributed by atoms with Crippen LogP contribution >= 0.6 is 0 Å². The number of carbonyl (C=O) groups is 1. The number of hydrogen-bond acceptors (Lipinski definition) is 3. The van der Waals surface area contributed by atoms with E-state index in [9.17, 15) is 4.79 Å². The first-order chi connectivity index (χ1) is 11.3. The van der Waals surface area contributed by atoms with Crippen LogP contribution in [-0.2, 0) is 24.4 Å². The minimum absolute atomic E-state index is 0.0358. The highest BCUT2D eigenvalue weighted by molar-refractivity contribution is 5.79. The normalized spacial score (nSPS) is 16.8. The number of aliphatic hydroxyl groups is 1. The molecule has 1 aliphatic heterocycles. The number of benzene rings is 2. The number of fused-ring (bicyclic) bond motifs is 1. The van der Waals surface area contributed by atoms with Crippen molar-refractivity contribution in [2.45, 2.75) is 26.0 Å². The van der Waals surface area contributed by atoms with Gasteiger partial charge in [0.25, 0.3) is 0 Å². The van der Waals surface area contributed by atoms with Crippen LogP contribution in [0.25, 0.3) is 0 Å². The summed E-state index contributed by atoms with van der Waals surface area (Å²) in [6.45, 7) is 1.11. The molecule has 0 aliphatic carbocycles. The molecule has 4 heteroatoms. The Hall–Kier alpha value is -2.33. The van der Waals surface area contributed by atoms with E-state index in [-0.39, 0.29) is 18.4 Å². The Morgan fingerprint density at radius 1 is 1.13 bits per heavy atom. The Morgan fingerprint density at radius 3 is 2.65 bits per heavy atom. The summed E-state index contributed by atoms with van der Waals surface area (Å²) in [4.78, 5) is 12.5. The van der Waals surface area contributed by atoms with Gasteiger partial charge in [0.15, 0.2) is 0 Å². The van der Waals surface area contributed by atoms with Crippen molar-refractivity contribution < 1.29 is 14.6 Å². The van der Waals surface area contributed by atoms with Gasteiger partial charge in [0.05, 0.1) is 13.2 Å². The van der Waals surface area contributed by atoms with E-state index in [2.05, 4.69) is 5.32 Å². The van der Waals surface area contributed by atoms with Crippen LogP contribution < -0.4 is 10.1 Å². The quantitative estimate of drug-likeness (QED) is 0.912. The first kappa shape index (κ1) is 15.6. The summed E-state index contributed by atoms with van der Waals surface area (Å²) >= 11 is 0. The Kier molecular flexibility index (Phi) is 4.93. The molecular formula is C19H21NO3. The second-order valence-electron chi connectivity index (χ2n) is 5.84. The summed E-state index contributed by atoms with van der Waals surface area (Å²) < 4.78 is 5.71. The molecule has 4 nitrogen and oxygen atoms in total. The van der Waals surface area contributed by atoms with Crippen molar-refractivity contribution in [1.29, 1.82) is 0 Å². The molecule has 0 spiro atoms. The number of ether oxygens (including phenoxy) is 1. The largest absolute Gasteiger partial charge is 0.493 e. The molecule has 0 fully saturated rings. The summed E-state index contributed by atoms with van der Waals surface area (Å²) in [7, 11) is 0. The molecule has 2 N–H and O–H groups in total. The van der Waals surface area contributed by atoms with E-state index in [0.717, 1.165) is 28.9 Å². The van der Waals surface area contributed by atoms with Gasteiger partial charge in [-0.1, -0.05) is 42.5 Å². The predicted molar refractivity (Wildman–Crippen MR) is 88.0 cm³/mol. The highest BCUT2D eigenvalue weighted by Gasteiger charge is 2.23. The summed E-state index contributed by atoms with van der Waals surface area (Å²) in [6.07, 6.45) is 1.44. The Bertz CT molecular complexity index is 667. The molecule has 23 heavy (non-hydrogen) atoms. The standard InChI is InChI=1S/C19H21NO3/c21-13-15-7-5-14(6-8-15)12-20-19(22)17-9-10-23-18-4-2-1-3-16(18)11-17/h1-8,17,21H,9-13H2,(H,20,22)/t17-/m0/s1. The lowest BCUT2D eigenvalue weighted by atomic mass is 9.96. The molecule has 0 saturated heterocycles. The lowest BCUT2D eigenvalue weighted by Gasteiger charge is -2.14. The van der Waals surface area contributed by atoms with Crippen LogP contribution in [0.15, 0.2) is 48.5 Å². The van der Waals surface area contributed by atoms with Gasteiger partial charge in [0, 0.05) is 12.5 Å². The maximum atomic E-state index is 12.5. The fraction of sp³-hybridized carbons (Fsp3) is 0.316. The first-order valence-electron chi connectivity index (χ1n) is 7.93. The third-order valence-corrected chi connectivity index (χ3v) is 4.21. The zero-order chi connectivity index (χ0) is 16.1. The predicted octanol–water partition coefficient (Wildman–Crippen LogP) is 2.44. The van der Waals surface area contributed by atoms with Crippen molar-refractivity contribution in [2.24, 2.45) is 5.92 Å². The van der Waals surface area contributed by atoms with Gasteiger partial charge < -0.3 is 15.2 Å². The summed E-state index contributed by atoms with van der Waals surface area (Å²) in [6, 6.07) is 15.5.